The highest BCUT2D eigenvalue weighted by atomic mass is 79.9. The first-order valence-corrected chi connectivity index (χ1v) is 6.44. The van der Waals surface area contributed by atoms with Gasteiger partial charge in [-0.1, -0.05) is 83.5 Å². The first-order chi connectivity index (χ1) is 7.79. The van der Waals surface area contributed by atoms with Crippen LogP contribution in [0.3, 0.4) is 0 Å². The van der Waals surface area contributed by atoms with Crippen molar-refractivity contribution in [1.82, 2.24) is 0 Å². The van der Waals surface area contributed by atoms with Crippen molar-refractivity contribution in [3.05, 3.63) is 71.8 Å². The fourth-order valence-electron chi connectivity index (χ4n) is 2.04. The lowest BCUT2D eigenvalue weighted by molar-refractivity contribution is 0.807. The summed E-state index contributed by atoms with van der Waals surface area (Å²) in [5.41, 5.74) is 2.72. The van der Waals surface area contributed by atoms with Crippen molar-refractivity contribution in [1.29, 1.82) is 0 Å². The van der Waals surface area contributed by atoms with Crippen LogP contribution in [0.25, 0.3) is 0 Å². The van der Waals surface area contributed by atoms with Crippen molar-refractivity contribution >= 4 is 15.9 Å². The smallest absolute Gasteiger partial charge is 0.0226 e. The molecule has 0 aliphatic rings. The van der Waals surface area contributed by atoms with Crippen LogP contribution in [-0.2, 0) is 0 Å². The fraction of sp³-hybridized carbons (Fsp3) is 0.200. The van der Waals surface area contributed by atoms with Crippen molar-refractivity contribution in [2.45, 2.75) is 17.7 Å². The van der Waals surface area contributed by atoms with Gasteiger partial charge in [0.2, 0.25) is 0 Å². The molecule has 0 heterocycles. The molecular weight excluding hydrogens is 260 g/mol. The summed E-state index contributed by atoms with van der Waals surface area (Å²) in [6, 6.07) is 21.3. The van der Waals surface area contributed by atoms with Crippen LogP contribution in [-0.4, -0.2) is 4.83 Å². The van der Waals surface area contributed by atoms with E-state index in [9.17, 15) is 0 Å². The quantitative estimate of drug-likeness (QED) is 0.718. The molecule has 0 spiro atoms. The number of hydrogen-bond acceptors (Lipinski definition) is 0. The summed E-state index contributed by atoms with van der Waals surface area (Å²) in [6.07, 6.45) is 0. The molecule has 0 saturated carbocycles. The predicted octanol–water partition coefficient (Wildman–Crippen LogP) is 4.60. The average Bonchev–Trinajstić information content (AvgIpc) is 2.31. The minimum atomic E-state index is 0.419. The van der Waals surface area contributed by atoms with Crippen LogP contribution in [0, 0.1) is 0 Å². The van der Waals surface area contributed by atoms with Gasteiger partial charge in [-0.2, -0.15) is 0 Å². The van der Waals surface area contributed by atoms with Gasteiger partial charge >= 0.3 is 0 Å². The molecule has 1 unspecified atom stereocenters. The van der Waals surface area contributed by atoms with Crippen molar-refractivity contribution in [3.63, 3.8) is 0 Å². The minimum Gasteiger partial charge on any atom is -0.0883 e. The summed E-state index contributed by atoms with van der Waals surface area (Å²) in [5.74, 6) is 0.419. The summed E-state index contributed by atoms with van der Waals surface area (Å²) < 4.78 is 0. The Balaban J connectivity index is 2.40. The summed E-state index contributed by atoms with van der Waals surface area (Å²) in [5, 5.41) is 0. The maximum atomic E-state index is 3.71. The second kappa shape index (κ2) is 5.31. The lowest BCUT2D eigenvalue weighted by atomic mass is 9.89. The van der Waals surface area contributed by atoms with Crippen molar-refractivity contribution in [2.24, 2.45) is 0 Å². The Bertz CT molecular complexity index is 380. The normalized spacial score (nSPS) is 12.7. The van der Waals surface area contributed by atoms with Crippen LogP contribution in [0.4, 0.5) is 0 Å². The number of rotatable bonds is 3. The molecule has 0 amide bonds. The van der Waals surface area contributed by atoms with Gasteiger partial charge in [0.05, 0.1) is 0 Å². The summed E-state index contributed by atoms with van der Waals surface area (Å²) in [4.78, 5) is 0.428. The third kappa shape index (κ3) is 2.53. The molecule has 16 heavy (non-hydrogen) atoms. The van der Waals surface area contributed by atoms with E-state index in [1.165, 1.54) is 11.1 Å². The second-order valence-electron chi connectivity index (χ2n) is 3.98. The van der Waals surface area contributed by atoms with Crippen LogP contribution in [0.2, 0.25) is 0 Å². The Morgan fingerprint density at radius 2 is 1.12 bits per heavy atom. The van der Waals surface area contributed by atoms with E-state index in [0.717, 1.165) is 0 Å². The van der Waals surface area contributed by atoms with E-state index in [-0.39, 0.29) is 0 Å². The molecule has 2 rings (SSSR count). The zero-order valence-corrected chi connectivity index (χ0v) is 10.9. The molecular formula is C15H15Br. The molecule has 1 atom stereocenters. The van der Waals surface area contributed by atoms with E-state index in [2.05, 4.69) is 83.5 Å². The van der Waals surface area contributed by atoms with Gasteiger partial charge in [0.25, 0.3) is 0 Å². The molecule has 82 valence electrons. The first-order valence-electron chi connectivity index (χ1n) is 5.53. The van der Waals surface area contributed by atoms with Crippen LogP contribution in [0.15, 0.2) is 60.7 Å². The highest BCUT2D eigenvalue weighted by molar-refractivity contribution is 9.09. The zero-order chi connectivity index (χ0) is 11.4. The van der Waals surface area contributed by atoms with Gasteiger partial charge in [0.1, 0.15) is 0 Å². The van der Waals surface area contributed by atoms with E-state index in [1.807, 2.05) is 0 Å². The van der Waals surface area contributed by atoms with Crippen LogP contribution in [0.1, 0.15) is 24.0 Å². The van der Waals surface area contributed by atoms with Gasteiger partial charge in [0, 0.05) is 10.7 Å². The van der Waals surface area contributed by atoms with Gasteiger partial charge in [-0.3, -0.25) is 0 Å². The molecule has 0 bridgehead atoms. The Morgan fingerprint density at radius 3 is 1.44 bits per heavy atom. The molecule has 0 fully saturated rings. The van der Waals surface area contributed by atoms with Crippen LogP contribution >= 0.6 is 15.9 Å². The van der Waals surface area contributed by atoms with E-state index in [1.54, 1.807) is 0 Å². The highest BCUT2D eigenvalue weighted by Gasteiger charge is 2.18. The topological polar surface area (TPSA) is 0 Å². The Labute approximate surface area is 105 Å². The molecule has 0 aromatic heterocycles. The third-order valence-electron chi connectivity index (χ3n) is 2.78. The summed E-state index contributed by atoms with van der Waals surface area (Å²) >= 11 is 3.71. The largest absolute Gasteiger partial charge is 0.0883 e. The van der Waals surface area contributed by atoms with E-state index >= 15 is 0 Å². The number of hydrogen-bond donors (Lipinski definition) is 0. The number of benzene rings is 2. The lowest BCUT2D eigenvalue weighted by Crippen LogP contribution is -2.10. The molecule has 2 aromatic carbocycles. The molecule has 0 N–H and O–H groups in total. The lowest BCUT2D eigenvalue weighted by Gasteiger charge is -2.20. The molecule has 1 heteroatoms. The molecule has 0 nitrogen and oxygen atoms in total. The van der Waals surface area contributed by atoms with Gasteiger partial charge in [-0.15, -0.1) is 0 Å². The summed E-state index contributed by atoms with van der Waals surface area (Å²) in [7, 11) is 0. The van der Waals surface area contributed by atoms with Crippen molar-refractivity contribution < 1.29 is 0 Å². The van der Waals surface area contributed by atoms with Gasteiger partial charge in [-0.05, 0) is 11.1 Å². The Morgan fingerprint density at radius 1 is 0.750 bits per heavy atom. The third-order valence-corrected chi connectivity index (χ3v) is 3.31. The van der Waals surface area contributed by atoms with Gasteiger partial charge in [0.15, 0.2) is 0 Å². The maximum absolute atomic E-state index is 3.71. The highest BCUT2D eigenvalue weighted by Crippen LogP contribution is 2.31. The molecule has 0 radical (unpaired) electrons. The Kier molecular flexibility index (Phi) is 3.79. The zero-order valence-electron chi connectivity index (χ0n) is 9.31. The summed E-state index contributed by atoms with van der Waals surface area (Å²) in [6.45, 7) is 2.20. The van der Waals surface area contributed by atoms with Crippen LogP contribution in [0.5, 0.6) is 0 Å². The predicted molar refractivity (Wildman–Crippen MR) is 73.1 cm³/mol. The standard InChI is InChI=1S/C15H15Br/c1-12(16)15(13-8-4-2-5-9-13)14-10-6-3-7-11-14/h2-12,15H,1H3. The van der Waals surface area contributed by atoms with E-state index in [4.69, 9.17) is 0 Å². The van der Waals surface area contributed by atoms with Gasteiger partial charge < -0.3 is 0 Å². The number of alkyl halides is 1. The molecule has 0 aliphatic carbocycles. The number of halogens is 1. The van der Waals surface area contributed by atoms with Crippen LogP contribution < -0.4 is 0 Å². The van der Waals surface area contributed by atoms with Gasteiger partial charge in [-0.25, -0.2) is 0 Å². The first kappa shape index (κ1) is 11.4. The minimum absolute atomic E-state index is 0.419. The maximum Gasteiger partial charge on any atom is 0.0226 e. The van der Waals surface area contributed by atoms with E-state index in [0.29, 0.717) is 10.7 Å². The Hall–Kier alpha value is -1.08. The molecule has 0 saturated heterocycles. The molecule has 0 aliphatic heterocycles. The van der Waals surface area contributed by atoms with Crippen molar-refractivity contribution in [3.8, 4) is 0 Å². The van der Waals surface area contributed by atoms with E-state index < -0.39 is 0 Å². The van der Waals surface area contributed by atoms with Crippen molar-refractivity contribution in [2.75, 3.05) is 0 Å². The monoisotopic (exact) mass is 274 g/mol. The average molecular weight is 275 g/mol. The molecule has 2 aromatic rings. The SMILES string of the molecule is CC(Br)C(c1ccccc1)c1ccccc1. The fourth-order valence-corrected chi connectivity index (χ4v) is 2.65. The second-order valence-corrected chi connectivity index (χ2v) is 5.42.